The minimum atomic E-state index is 0. The highest BCUT2D eigenvalue weighted by molar-refractivity contribution is 5.85. The smallest absolute Gasteiger partial charge is 0.0419 e. The van der Waals surface area contributed by atoms with Crippen molar-refractivity contribution in [2.24, 2.45) is 5.92 Å². The molecule has 0 fully saturated rings. The highest BCUT2D eigenvalue weighted by Gasteiger charge is 2.18. The molecule has 1 aromatic carbocycles. The maximum atomic E-state index is 6.01. The summed E-state index contributed by atoms with van der Waals surface area (Å²) in [7, 11) is 0. The van der Waals surface area contributed by atoms with Crippen LogP contribution < -0.4 is 10.6 Å². The zero-order valence-electron chi connectivity index (χ0n) is 10.1. The molecule has 0 bridgehead atoms. The molecule has 2 nitrogen and oxygen atoms in total. The number of nitrogens with zero attached hydrogens (tertiary/aromatic N) is 1. The number of hydrogen-bond donors (Lipinski definition) is 1. The van der Waals surface area contributed by atoms with Gasteiger partial charge in [-0.25, -0.2) is 0 Å². The summed E-state index contributed by atoms with van der Waals surface area (Å²) in [6.07, 6.45) is 2.37. The molecule has 0 unspecified atom stereocenters. The molecule has 3 heteroatoms. The van der Waals surface area contributed by atoms with Gasteiger partial charge in [0.2, 0.25) is 0 Å². The molecule has 0 spiro atoms. The Kier molecular flexibility index (Phi) is 4.48. The number of nitrogens with two attached hydrogens (primary N) is 1. The van der Waals surface area contributed by atoms with Crippen LogP contribution in [0, 0.1) is 5.92 Å². The van der Waals surface area contributed by atoms with Crippen LogP contribution in [-0.2, 0) is 6.42 Å². The van der Waals surface area contributed by atoms with Gasteiger partial charge in [0, 0.05) is 24.5 Å². The Hall–Kier alpha value is -0.890. The number of halogens is 1. The summed E-state index contributed by atoms with van der Waals surface area (Å²) < 4.78 is 0. The van der Waals surface area contributed by atoms with Crippen LogP contribution in [0.5, 0.6) is 0 Å². The van der Waals surface area contributed by atoms with E-state index >= 15 is 0 Å². The Bertz CT molecular complexity index is 350. The molecule has 1 aliphatic heterocycles. The molecule has 2 N–H and O–H groups in total. The molecule has 16 heavy (non-hydrogen) atoms. The molecular formula is C13H21ClN2. The molecule has 0 aliphatic carbocycles. The van der Waals surface area contributed by atoms with Gasteiger partial charge in [-0.2, -0.15) is 0 Å². The number of rotatable bonds is 2. The summed E-state index contributed by atoms with van der Waals surface area (Å²) in [5.41, 5.74) is 9.67. The summed E-state index contributed by atoms with van der Waals surface area (Å²) >= 11 is 0. The van der Waals surface area contributed by atoms with Crippen LogP contribution in [0.2, 0.25) is 0 Å². The number of fused-ring (bicyclic) bond motifs is 1. The minimum Gasteiger partial charge on any atom is -0.398 e. The van der Waals surface area contributed by atoms with Crippen LogP contribution in [-0.4, -0.2) is 13.1 Å². The third kappa shape index (κ3) is 2.62. The fourth-order valence-corrected chi connectivity index (χ4v) is 2.36. The topological polar surface area (TPSA) is 29.3 Å². The number of hydrogen-bond acceptors (Lipinski definition) is 2. The maximum absolute atomic E-state index is 6.01. The van der Waals surface area contributed by atoms with Crippen LogP contribution in [0.3, 0.4) is 0 Å². The van der Waals surface area contributed by atoms with Gasteiger partial charge in [-0.3, -0.25) is 0 Å². The highest BCUT2D eigenvalue weighted by Crippen LogP contribution is 2.31. The Labute approximate surface area is 104 Å². The maximum Gasteiger partial charge on any atom is 0.0419 e. The molecule has 1 aliphatic rings. The normalized spacial score (nSPS) is 14.6. The lowest BCUT2D eigenvalue weighted by atomic mass is 9.99. The number of anilines is 2. The lowest BCUT2D eigenvalue weighted by Gasteiger charge is -2.33. The van der Waals surface area contributed by atoms with E-state index in [1.54, 1.807) is 0 Å². The molecule has 1 aromatic rings. The van der Waals surface area contributed by atoms with Crippen LogP contribution in [0.25, 0.3) is 0 Å². The molecule has 0 atom stereocenters. The van der Waals surface area contributed by atoms with E-state index in [0.717, 1.165) is 18.7 Å². The molecule has 0 radical (unpaired) electrons. The van der Waals surface area contributed by atoms with Gasteiger partial charge in [0.1, 0.15) is 0 Å². The van der Waals surface area contributed by atoms with E-state index in [2.05, 4.69) is 30.9 Å². The van der Waals surface area contributed by atoms with Crippen molar-refractivity contribution in [1.29, 1.82) is 0 Å². The van der Waals surface area contributed by atoms with Gasteiger partial charge in [0.25, 0.3) is 0 Å². The fraction of sp³-hybridized carbons (Fsp3) is 0.538. The van der Waals surface area contributed by atoms with Crippen molar-refractivity contribution in [3.63, 3.8) is 0 Å². The van der Waals surface area contributed by atoms with Crippen LogP contribution in [0.15, 0.2) is 18.2 Å². The Morgan fingerprint density at radius 3 is 2.81 bits per heavy atom. The van der Waals surface area contributed by atoms with Crippen molar-refractivity contribution in [3.05, 3.63) is 23.8 Å². The predicted octanol–water partition coefficient (Wildman–Crippen LogP) is 3.10. The van der Waals surface area contributed by atoms with Gasteiger partial charge in [-0.15, -0.1) is 12.4 Å². The zero-order valence-corrected chi connectivity index (χ0v) is 10.9. The van der Waals surface area contributed by atoms with Crippen molar-refractivity contribution in [2.75, 3.05) is 23.7 Å². The molecule has 0 amide bonds. The van der Waals surface area contributed by atoms with Gasteiger partial charge in [0.05, 0.1) is 0 Å². The lowest BCUT2D eigenvalue weighted by Crippen LogP contribution is -2.32. The van der Waals surface area contributed by atoms with Gasteiger partial charge in [0.15, 0.2) is 0 Å². The predicted molar refractivity (Wildman–Crippen MR) is 73.5 cm³/mol. The van der Waals surface area contributed by atoms with Gasteiger partial charge < -0.3 is 10.6 Å². The second kappa shape index (κ2) is 5.44. The van der Waals surface area contributed by atoms with Crippen LogP contribution in [0.1, 0.15) is 25.8 Å². The molecule has 0 saturated heterocycles. The third-order valence-corrected chi connectivity index (χ3v) is 2.97. The molecule has 90 valence electrons. The first-order valence-electron chi connectivity index (χ1n) is 5.81. The van der Waals surface area contributed by atoms with Crippen molar-refractivity contribution >= 4 is 23.8 Å². The summed E-state index contributed by atoms with van der Waals surface area (Å²) in [6.45, 7) is 6.84. The first-order chi connectivity index (χ1) is 7.18. The van der Waals surface area contributed by atoms with Gasteiger partial charge in [-0.1, -0.05) is 19.9 Å². The van der Waals surface area contributed by atoms with E-state index in [1.165, 1.54) is 24.2 Å². The Morgan fingerprint density at radius 1 is 1.38 bits per heavy atom. The second-order valence-electron chi connectivity index (χ2n) is 4.79. The van der Waals surface area contributed by atoms with E-state index in [-0.39, 0.29) is 12.4 Å². The first kappa shape index (κ1) is 13.2. The minimum absolute atomic E-state index is 0. The van der Waals surface area contributed by atoms with Crippen molar-refractivity contribution in [3.8, 4) is 0 Å². The van der Waals surface area contributed by atoms with E-state index in [4.69, 9.17) is 5.73 Å². The van der Waals surface area contributed by atoms with Crippen LogP contribution >= 0.6 is 12.4 Å². The van der Waals surface area contributed by atoms with Crippen molar-refractivity contribution < 1.29 is 0 Å². The molecule has 0 aromatic heterocycles. The zero-order chi connectivity index (χ0) is 10.8. The standard InChI is InChI=1S/C13H20N2.ClH/c1-10(2)9-15-8-4-5-11-12(14)6-3-7-13(11)15;/h3,6-7,10H,4-5,8-9,14H2,1-2H3;1H. The molecular weight excluding hydrogens is 220 g/mol. The summed E-state index contributed by atoms with van der Waals surface area (Å²) in [6, 6.07) is 6.28. The number of benzene rings is 1. The SMILES string of the molecule is CC(C)CN1CCCc2c(N)cccc21.Cl. The average molecular weight is 241 g/mol. The van der Waals surface area contributed by atoms with E-state index < -0.39 is 0 Å². The third-order valence-electron chi connectivity index (χ3n) is 2.97. The average Bonchev–Trinajstić information content (AvgIpc) is 2.19. The largest absolute Gasteiger partial charge is 0.398 e. The lowest BCUT2D eigenvalue weighted by molar-refractivity contribution is 0.585. The van der Waals surface area contributed by atoms with Crippen molar-refractivity contribution in [2.45, 2.75) is 26.7 Å². The molecule has 1 heterocycles. The first-order valence-corrected chi connectivity index (χ1v) is 5.81. The second-order valence-corrected chi connectivity index (χ2v) is 4.79. The summed E-state index contributed by atoms with van der Waals surface area (Å²) in [5, 5.41) is 0. The molecule has 2 rings (SSSR count). The summed E-state index contributed by atoms with van der Waals surface area (Å²) in [4.78, 5) is 2.47. The van der Waals surface area contributed by atoms with Crippen molar-refractivity contribution in [1.82, 2.24) is 0 Å². The van der Waals surface area contributed by atoms with Gasteiger partial charge >= 0.3 is 0 Å². The summed E-state index contributed by atoms with van der Waals surface area (Å²) in [5.74, 6) is 0.706. The van der Waals surface area contributed by atoms with E-state index in [0.29, 0.717) is 5.92 Å². The van der Waals surface area contributed by atoms with E-state index in [1.807, 2.05) is 6.07 Å². The molecule has 0 saturated carbocycles. The van der Waals surface area contributed by atoms with Crippen LogP contribution in [0.4, 0.5) is 11.4 Å². The van der Waals surface area contributed by atoms with E-state index in [9.17, 15) is 0 Å². The quantitative estimate of drug-likeness (QED) is 0.805. The van der Waals surface area contributed by atoms with Gasteiger partial charge in [-0.05, 0) is 36.5 Å². The Balaban J connectivity index is 0.00000128. The monoisotopic (exact) mass is 240 g/mol. The Morgan fingerprint density at radius 2 is 2.12 bits per heavy atom. The fourth-order valence-electron chi connectivity index (χ4n) is 2.36. The number of nitrogen functional groups attached to an aromatic ring is 1. The highest BCUT2D eigenvalue weighted by atomic mass is 35.5.